The van der Waals surface area contributed by atoms with Gasteiger partial charge in [0.15, 0.2) is 0 Å². The highest BCUT2D eigenvalue weighted by atomic mass is 35.5. The molecule has 0 radical (unpaired) electrons. The van der Waals surface area contributed by atoms with Gasteiger partial charge in [0.1, 0.15) is 21.5 Å². The molecule has 0 saturated carbocycles. The number of aliphatic carboxylic acids is 2. The van der Waals surface area contributed by atoms with Crippen molar-refractivity contribution in [3.8, 4) is 0 Å². The van der Waals surface area contributed by atoms with Crippen LogP contribution in [-0.4, -0.2) is 34.4 Å². The van der Waals surface area contributed by atoms with Gasteiger partial charge in [-0.1, -0.05) is 46.4 Å². The molecule has 0 fully saturated rings. The summed E-state index contributed by atoms with van der Waals surface area (Å²) in [5.41, 5.74) is 0. The maximum absolute atomic E-state index is 10.8. The number of ether oxygens (including phenoxy) is 2. The van der Waals surface area contributed by atoms with Crippen molar-refractivity contribution in [2.24, 2.45) is 0 Å². The summed E-state index contributed by atoms with van der Waals surface area (Å²) in [5.74, 6) is -3.21. The van der Waals surface area contributed by atoms with Gasteiger partial charge in [-0.3, -0.25) is 0 Å². The average Bonchev–Trinajstić information content (AvgIpc) is 2.20. The smallest absolute Gasteiger partial charge is 0.349 e. The Morgan fingerprint density at radius 2 is 1.11 bits per heavy atom. The first-order chi connectivity index (χ1) is 8.25. The standard InChI is InChI=1S/C8H6Cl4O6.H3N/c9-3(10)1-17-5(7(13)14)6(8(15)16)18-2-4(11)12;/h1-2,5-6H,(H,13,14)(H,15,16);1H3. The van der Waals surface area contributed by atoms with E-state index in [0.29, 0.717) is 12.5 Å². The van der Waals surface area contributed by atoms with E-state index in [0.717, 1.165) is 0 Å². The zero-order chi connectivity index (χ0) is 14.3. The summed E-state index contributed by atoms with van der Waals surface area (Å²) in [4.78, 5) is 21.7. The third kappa shape index (κ3) is 8.79. The first-order valence-corrected chi connectivity index (χ1v) is 5.55. The molecule has 5 N–H and O–H groups in total. The van der Waals surface area contributed by atoms with Crippen LogP contribution in [-0.2, 0) is 19.1 Å². The molecule has 19 heavy (non-hydrogen) atoms. The molecule has 0 aliphatic rings. The number of rotatable bonds is 7. The van der Waals surface area contributed by atoms with E-state index in [1.165, 1.54) is 0 Å². The van der Waals surface area contributed by atoms with Crippen molar-refractivity contribution in [2.45, 2.75) is 12.2 Å². The molecule has 2 unspecified atom stereocenters. The Labute approximate surface area is 127 Å². The predicted molar refractivity (Wildman–Crippen MR) is 69.6 cm³/mol. The molecule has 0 bridgehead atoms. The fourth-order valence-electron chi connectivity index (χ4n) is 0.768. The van der Waals surface area contributed by atoms with Gasteiger partial charge >= 0.3 is 11.9 Å². The second-order valence-electron chi connectivity index (χ2n) is 2.60. The second kappa shape index (κ2) is 9.99. The van der Waals surface area contributed by atoms with Crippen molar-refractivity contribution in [3.63, 3.8) is 0 Å². The number of carboxylic acids is 2. The zero-order valence-corrected chi connectivity index (χ0v) is 12.1. The lowest BCUT2D eigenvalue weighted by Gasteiger charge is -2.19. The largest absolute Gasteiger partial charge is 0.479 e. The summed E-state index contributed by atoms with van der Waals surface area (Å²) in [7, 11) is 0. The fraction of sp³-hybridized carbons (Fsp3) is 0.250. The third-order valence-corrected chi connectivity index (χ3v) is 1.73. The third-order valence-electron chi connectivity index (χ3n) is 1.37. The Morgan fingerprint density at radius 3 is 1.26 bits per heavy atom. The van der Waals surface area contributed by atoms with E-state index in [-0.39, 0.29) is 6.15 Å². The van der Waals surface area contributed by atoms with Gasteiger partial charge in [0.25, 0.3) is 0 Å². The molecule has 0 aromatic carbocycles. The van der Waals surface area contributed by atoms with Crippen molar-refractivity contribution < 1.29 is 29.3 Å². The highest BCUT2D eigenvalue weighted by Crippen LogP contribution is 2.14. The van der Waals surface area contributed by atoms with Crippen molar-refractivity contribution in [1.82, 2.24) is 6.15 Å². The van der Waals surface area contributed by atoms with Crippen molar-refractivity contribution in [1.29, 1.82) is 0 Å². The zero-order valence-electron chi connectivity index (χ0n) is 9.06. The van der Waals surface area contributed by atoms with Gasteiger partial charge in [-0.2, -0.15) is 0 Å². The van der Waals surface area contributed by atoms with Crippen LogP contribution in [0, 0.1) is 0 Å². The van der Waals surface area contributed by atoms with E-state index >= 15 is 0 Å². The molecule has 0 saturated heterocycles. The van der Waals surface area contributed by atoms with Crippen LogP contribution in [0.15, 0.2) is 21.5 Å². The van der Waals surface area contributed by atoms with Gasteiger partial charge in [-0.05, 0) is 0 Å². The lowest BCUT2D eigenvalue weighted by Crippen LogP contribution is -2.42. The summed E-state index contributed by atoms with van der Waals surface area (Å²) in [5, 5.41) is 17.6. The number of carboxylic acid groups (broad SMARTS) is 2. The number of carbonyl (C=O) groups is 2. The van der Waals surface area contributed by atoms with Crippen LogP contribution in [0.3, 0.4) is 0 Å². The molecule has 0 amide bonds. The van der Waals surface area contributed by atoms with Gasteiger partial charge in [-0.25, -0.2) is 9.59 Å². The van der Waals surface area contributed by atoms with E-state index < -0.39 is 33.1 Å². The van der Waals surface area contributed by atoms with E-state index in [2.05, 4.69) is 9.47 Å². The Bertz CT molecular complexity index is 341. The van der Waals surface area contributed by atoms with Crippen LogP contribution in [0.4, 0.5) is 0 Å². The molecule has 7 nitrogen and oxygen atoms in total. The van der Waals surface area contributed by atoms with Gasteiger partial charge < -0.3 is 25.8 Å². The highest BCUT2D eigenvalue weighted by Gasteiger charge is 2.36. The van der Waals surface area contributed by atoms with Crippen LogP contribution in [0.1, 0.15) is 0 Å². The molecule has 110 valence electrons. The summed E-state index contributed by atoms with van der Waals surface area (Å²) in [6.45, 7) is 0. The maximum Gasteiger partial charge on any atom is 0.349 e. The molecule has 11 heteroatoms. The van der Waals surface area contributed by atoms with E-state index in [1.807, 2.05) is 0 Å². The lowest BCUT2D eigenvalue weighted by atomic mass is 10.2. The molecule has 0 heterocycles. The highest BCUT2D eigenvalue weighted by molar-refractivity contribution is 6.56. The minimum Gasteiger partial charge on any atom is -0.479 e. The fourth-order valence-corrected chi connectivity index (χ4v) is 0.973. The van der Waals surface area contributed by atoms with E-state index in [1.54, 1.807) is 0 Å². The normalized spacial score (nSPS) is 12.2. The Morgan fingerprint density at radius 1 is 0.842 bits per heavy atom. The maximum atomic E-state index is 10.8. The lowest BCUT2D eigenvalue weighted by molar-refractivity contribution is -0.167. The predicted octanol–water partition coefficient (Wildman–Crippen LogP) is 2.64. The van der Waals surface area contributed by atoms with Crippen molar-refractivity contribution >= 4 is 58.3 Å². The second-order valence-corrected chi connectivity index (χ2v) is 4.62. The average molecular weight is 357 g/mol. The summed E-state index contributed by atoms with van der Waals surface area (Å²) in [6, 6.07) is 0. The van der Waals surface area contributed by atoms with E-state index in [4.69, 9.17) is 56.6 Å². The Hall–Kier alpha value is -0.860. The molecule has 2 atom stereocenters. The molecular weight excluding hydrogens is 348 g/mol. The van der Waals surface area contributed by atoms with Crippen molar-refractivity contribution in [3.05, 3.63) is 21.5 Å². The van der Waals surface area contributed by atoms with Crippen LogP contribution >= 0.6 is 46.4 Å². The summed E-state index contributed by atoms with van der Waals surface area (Å²) in [6.07, 6.45) is -2.46. The molecule has 0 aliphatic heterocycles. The quantitative estimate of drug-likeness (QED) is 0.598. The van der Waals surface area contributed by atoms with Gasteiger partial charge in [0.05, 0.1) is 0 Å². The molecule has 0 aromatic rings. The minimum atomic E-state index is -1.89. The van der Waals surface area contributed by atoms with Gasteiger partial charge in [-0.15, -0.1) is 0 Å². The van der Waals surface area contributed by atoms with Crippen LogP contribution in [0.2, 0.25) is 0 Å². The SMILES string of the molecule is N.O=C(O)C(OC=C(Cl)Cl)C(OC=C(Cl)Cl)C(=O)O. The van der Waals surface area contributed by atoms with Gasteiger partial charge in [0.2, 0.25) is 12.2 Å². The molecule has 0 rings (SSSR count). The summed E-state index contributed by atoms with van der Waals surface area (Å²) < 4.78 is 8.36. The van der Waals surface area contributed by atoms with Crippen LogP contribution in [0.25, 0.3) is 0 Å². The Balaban J connectivity index is 0. The van der Waals surface area contributed by atoms with Gasteiger partial charge in [0, 0.05) is 0 Å². The topological polar surface area (TPSA) is 128 Å². The molecule has 0 aliphatic carbocycles. The number of hydrogen-bond acceptors (Lipinski definition) is 5. The molecular formula is C8H9Cl4NO6. The first kappa shape index (κ1) is 20.5. The minimum absolute atomic E-state index is 0. The monoisotopic (exact) mass is 355 g/mol. The first-order valence-electron chi connectivity index (χ1n) is 4.04. The molecule has 0 spiro atoms. The van der Waals surface area contributed by atoms with E-state index in [9.17, 15) is 9.59 Å². The number of hydrogen-bond donors (Lipinski definition) is 3. The van der Waals surface area contributed by atoms with Crippen molar-refractivity contribution in [2.75, 3.05) is 0 Å². The van der Waals surface area contributed by atoms with Crippen LogP contribution < -0.4 is 6.15 Å². The summed E-state index contributed by atoms with van der Waals surface area (Å²) >= 11 is 20.8. The Kier molecular flexibility index (Phi) is 10.8. The number of halogens is 4. The molecule has 0 aromatic heterocycles. The van der Waals surface area contributed by atoms with Crippen LogP contribution in [0.5, 0.6) is 0 Å².